The Hall–Kier alpha value is -2.91. The number of alkyl halides is 3. The summed E-state index contributed by atoms with van der Waals surface area (Å²) in [5, 5.41) is 7.68. The molecule has 7 nitrogen and oxygen atoms in total. The van der Waals surface area contributed by atoms with Crippen molar-refractivity contribution >= 4 is 11.7 Å². The van der Waals surface area contributed by atoms with Crippen molar-refractivity contribution in [3.05, 3.63) is 41.7 Å². The molecule has 2 N–H and O–H groups in total. The fourth-order valence-electron chi connectivity index (χ4n) is 2.45. The number of halogens is 3. The van der Waals surface area contributed by atoms with Crippen LogP contribution in [0.1, 0.15) is 22.5 Å². The van der Waals surface area contributed by atoms with Crippen molar-refractivity contribution in [2.45, 2.75) is 18.7 Å². The maximum absolute atomic E-state index is 12.5. The standard InChI is InChI=1S/C15H14F3N5O2/c16-15(17,18)9-1-4-13(20-7-9)25-10-5-6-23(8-10)12-3-2-11(14(19)24)21-22-12/h1-4,7,10H,5-6,8H2,(H2,19,24). The van der Waals surface area contributed by atoms with E-state index in [0.717, 1.165) is 12.3 Å². The average molecular weight is 353 g/mol. The molecule has 0 aliphatic carbocycles. The Morgan fingerprint density at radius 3 is 2.60 bits per heavy atom. The van der Waals surface area contributed by atoms with Crippen LogP contribution in [0.15, 0.2) is 30.5 Å². The zero-order valence-corrected chi connectivity index (χ0v) is 12.9. The molecule has 0 radical (unpaired) electrons. The topological polar surface area (TPSA) is 94.2 Å². The highest BCUT2D eigenvalue weighted by molar-refractivity contribution is 5.90. The molecule has 1 atom stereocenters. The third kappa shape index (κ3) is 3.95. The minimum absolute atomic E-state index is 0.0738. The summed E-state index contributed by atoms with van der Waals surface area (Å²) in [7, 11) is 0. The molecule has 25 heavy (non-hydrogen) atoms. The van der Waals surface area contributed by atoms with E-state index in [9.17, 15) is 18.0 Å². The summed E-state index contributed by atoms with van der Waals surface area (Å²) >= 11 is 0. The molecule has 2 aromatic rings. The molecule has 3 rings (SSSR count). The van der Waals surface area contributed by atoms with Gasteiger partial charge in [-0.15, -0.1) is 10.2 Å². The van der Waals surface area contributed by atoms with Crippen LogP contribution in [0.2, 0.25) is 0 Å². The number of nitrogens with zero attached hydrogens (tertiary/aromatic N) is 4. The van der Waals surface area contributed by atoms with Crippen LogP contribution in [-0.2, 0) is 6.18 Å². The first-order valence-corrected chi connectivity index (χ1v) is 7.41. The molecule has 132 valence electrons. The Morgan fingerprint density at radius 1 is 1.24 bits per heavy atom. The van der Waals surface area contributed by atoms with Crippen LogP contribution in [0.25, 0.3) is 0 Å². The number of anilines is 1. The van der Waals surface area contributed by atoms with Crippen molar-refractivity contribution in [3.8, 4) is 5.88 Å². The lowest BCUT2D eigenvalue weighted by molar-refractivity contribution is -0.137. The lowest BCUT2D eigenvalue weighted by atomic mass is 10.3. The molecule has 1 aliphatic heterocycles. The number of hydrogen-bond acceptors (Lipinski definition) is 6. The first kappa shape index (κ1) is 16.9. The van der Waals surface area contributed by atoms with Crippen LogP contribution in [0.3, 0.4) is 0 Å². The number of rotatable bonds is 4. The summed E-state index contributed by atoms with van der Waals surface area (Å²) < 4.78 is 43.2. The number of nitrogens with two attached hydrogens (primary N) is 1. The van der Waals surface area contributed by atoms with Crippen molar-refractivity contribution in [1.29, 1.82) is 0 Å². The molecule has 0 spiro atoms. The number of aromatic nitrogens is 3. The third-order valence-corrected chi connectivity index (χ3v) is 3.72. The first-order valence-electron chi connectivity index (χ1n) is 7.41. The summed E-state index contributed by atoms with van der Waals surface area (Å²) in [6.45, 7) is 1.11. The number of carbonyl (C=O) groups is 1. The van der Waals surface area contributed by atoms with Gasteiger partial charge in [0.25, 0.3) is 5.91 Å². The fourth-order valence-corrected chi connectivity index (χ4v) is 2.45. The van der Waals surface area contributed by atoms with Crippen LogP contribution in [0, 0.1) is 0 Å². The SMILES string of the molecule is NC(=O)c1ccc(N2CCC(Oc3ccc(C(F)(F)F)cn3)C2)nn1. The van der Waals surface area contributed by atoms with E-state index in [1.54, 1.807) is 6.07 Å². The van der Waals surface area contributed by atoms with E-state index < -0.39 is 17.6 Å². The zero-order valence-electron chi connectivity index (χ0n) is 12.9. The fraction of sp³-hybridized carbons (Fsp3) is 0.333. The van der Waals surface area contributed by atoms with E-state index in [4.69, 9.17) is 10.5 Å². The van der Waals surface area contributed by atoms with Gasteiger partial charge in [0.1, 0.15) is 6.10 Å². The minimum Gasteiger partial charge on any atom is -0.472 e. The molecule has 0 bridgehead atoms. The van der Waals surface area contributed by atoms with E-state index in [1.165, 1.54) is 12.1 Å². The number of hydrogen-bond donors (Lipinski definition) is 1. The molecule has 1 unspecified atom stereocenters. The Bertz CT molecular complexity index is 749. The van der Waals surface area contributed by atoms with Gasteiger partial charge in [0.2, 0.25) is 5.88 Å². The smallest absolute Gasteiger partial charge is 0.417 e. The number of amides is 1. The van der Waals surface area contributed by atoms with Gasteiger partial charge in [-0.05, 0) is 18.2 Å². The van der Waals surface area contributed by atoms with Gasteiger partial charge in [-0.3, -0.25) is 4.79 Å². The maximum atomic E-state index is 12.5. The van der Waals surface area contributed by atoms with Crippen molar-refractivity contribution in [2.75, 3.05) is 18.0 Å². The van der Waals surface area contributed by atoms with Crippen molar-refractivity contribution in [2.24, 2.45) is 5.73 Å². The van der Waals surface area contributed by atoms with Gasteiger partial charge in [0.15, 0.2) is 11.5 Å². The van der Waals surface area contributed by atoms with Crippen LogP contribution in [0.4, 0.5) is 19.0 Å². The number of ether oxygens (including phenoxy) is 1. The normalized spacial score (nSPS) is 17.6. The van der Waals surface area contributed by atoms with Crippen molar-refractivity contribution in [3.63, 3.8) is 0 Å². The van der Waals surface area contributed by atoms with Crippen LogP contribution < -0.4 is 15.4 Å². The summed E-state index contributed by atoms with van der Waals surface area (Å²) in [4.78, 5) is 16.6. The van der Waals surface area contributed by atoms with Crippen LogP contribution in [-0.4, -0.2) is 40.3 Å². The highest BCUT2D eigenvalue weighted by Crippen LogP contribution is 2.29. The lowest BCUT2D eigenvalue weighted by Gasteiger charge is -2.17. The van der Waals surface area contributed by atoms with E-state index in [2.05, 4.69) is 15.2 Å². The van der Waals surface area contributed by atoms with Gasteiger partial charge >= 0.3 is 6.18 Å². The summed E-state index contributed by atoms with van der Waals surface area (Å²) in [5.41, 5.74) is 4.36. The second-order valence-electron chi connectivity index (χ2n) is 5.50. The Morgan fingerprint density at radius 2 is 2.04 bits per heavy atom. The van der Waals surface area contributed by atoms with E-state index in [-0.39, 0.29) is 17.7 Å². The molecule has 1 saturated heterocycles. The quantitative estimate of drug-likeness (QED) is 0.898. The molecule has 1 aliphatic rings. The predicted octanol–water partition coefficient (Wildman–Crippen LogP) is 1.65. The average Bonchev–Trinajstić information content (AvgIpc) is 3.03. The van der Waals surface area contributed by atoms with Gasteiger partial charge in [-0.2, -0.15) is 13.2 Å². The largest absolute Gasteiger partial charge is 0.472 e. The van der Waals surface area contributed by atoms with Crippen molar-refractivity contribution in [1.82, 2.24) is 15.2 Å². The molecule has 1 fully saturated rings. The summed E-state index contributed by atoms with van der Waals surface area (Å²) in [6, 6.07) is 5.25. The van der Waals surface area contributed by atoms with E-state index in [1.807, 2.05) is 4.90 Å². The third-order valence-electron chi connectivity index (χ3n) is 3.72. The maximum Gasteiger partial charge on any atom is 0.417 e. The zero-order chi connectivity index (χ0) is 18.0. The lowest BCUT2D eigenvalue weighted by Crippen LogP contribution is -2.26. The van der Waals surface area contributed by atoms with Gasteiger partial charge in [-0.25, -0.2) is 4.98 Å². The predicted molar refractivity (Wildman–Crippen MR) is 81.0 cm³/mol. The molecule has 1 amide bonds. The number of primary amides is 1. The monoisotopic (exact) mass is 353 g/mol. The molecule has 3 heterocycles. The van der Waals surface area contributed by atoms with Crippen LogP contribution in [0.5, 0.6) is 5.88 Å². The summed E-state index contributed by atoms with van der Waals surface area (Å²) in [6.07, 6.45) is -3.26. The number of pyridine rings is 1. The molecular weight excluding hydrogens is 339 g/mol. The van der Waals surface area contributed by atoms with E-state index in [0.29, 0.717) is 25.3 Å². The first-order chi connectivity index (χ1) is 11.8. The molecule has 10 heteroatoms. The Balaban J connectivity index is 1.60. The van der Waals surface area contributed by atoms with Crippen molar-refractivity contribution < 1.29 is 22.7 Å². The molecule has 0 aromatic carbocycles. The highest BCUT2D eigenvalue weighted by Gasteiger charge is 2.31. The highest BCUT2D eigenvalue weighted by atomic mass is 19.4. The summed E-state index contributed by atoms with van der Waals surface area (Å²) in [5.74, 6) is 0.0431. The number of carbonyl (C=O) groups excluding carboxylic acids is 1. The molecule has 2 aromatic heterocycles. The second-order valence-corrected chi connectivity index (χ2v) is 5.50. The van der Waals surface area contributed by atoms with Crippen LogP contribution >= 0.6 is 0 Å². The van der Waals surface area contributed by atoms with Gasteiger partial charge in [-0.1, -0.05) is 0 Å². The molecule has 0 saturated carbocycles. The van der Waals surface area contributed by atoms with Gasteiger partial charge in [0.05, 0.1) is 12.1 Å². The Kier molecular flexibility index (Phi) is 4.43. The van der Waals surface area contributed by atoms with Gasteiger partial charge in [0, 0.05) is 25.2 Å². The second kappa shape index (κ2) is 6.54. The molecular formula is C15H14F3N5O2. The van der Waals surface area contributed by atoms with E-state index >= 15 is 0 Å². The minimum atomic E-state index is -4.43. The van der Waals surface area contributed by atoms with Gasteiger partial charge < -0.3 is 15.4 Å². The Labute approximate surface area is 140 Å².